The summed E-state index contributed by atoms with van der Waals surface area (Å²) in [4.78, 5) is 38.8. The number of rotatable bonds is 6. The molecule has 0 spiro atoms. The van der Waals surface area contributed by atoms with Gasteiger partial charge in [-0.1, -0.05) is 48.0 Å². The highest BCUT2D eigenvalue weighted by atomic mass is 32.2. The summed E-state index contributed by atoms with van der Waals surface area (Å²) in [6.07, 6.45) is 3.78. The quantitative estimate of drug-likeness (QED) is 0.260. The van der Waals surface area contributed by atoms with E-state index in [0.29, 0.717) is 17.2 Å². The third-order valence-corrected chi connectivity index (χ3v) is 6.68. The van der Waals surface area contributed by atoms with E-state index >= 15 is 0 Å². The second-order valence-corrected chi connectivity index (χ2v) is 9.24. The number of carbonyl (C=O) groups excluding carboxylic acids is 3. The standard InChI is InChI=1S/C27H22N2O5S/c1-17-6-5-7-18(12-17)14-28-15-19(21-8-3-4-9-22(21)28)13-24-25(30)29(27(32)35-24)16-20-10-11-23(34-20)26(31)33-2/h3-13,15H,14,16H2,1-2H3. The Morgan fingerprint density at radius 3 is 2.69 bits per heavy atom. The Morgan fingerprint density at radius 1 is 1.06 bits per heavy atom. The fourth-order valence-electron chi connectivity index (χ4n) is 4.13. The van der Waals surface area contributed by atoms with Gasteiger partial charge in [0.15, 0.2) is 0 Å². The van der Waals surface area contributed by atoms with Crippen molar-refractivity contribution in [1.82, 2.24) is 9.47 Å². The smallest absolute Gasteiger partial charge is 0.373 e. The Labute approximate surface area is 206 Å². The summed E-state index contributed by atoms with van der Waals surface area (Å²) in [5.41, 5.74) is 4.29. The van der Waals surface area contributed by atoms with E-state index in [1.807, 2.05) is 36.5 Å². The molecule has 0 atom stereocenters. The zero-order valence-corrected chi connectivity index (χ0v) is 20.0. The summed E-state index contributed by atoms with van der Waals surface area (Å²) in [5.74, 6) is -0.672. The summed E-state index contributed by atoms with van der Waals surface area (Å²) in [6.45, 7) is 2.70. The molecule has 0 N–H and O–H groups in total. The van der Waals surface area contributed by atoms with Gasteiger partial charge >= 0.3 is 5.97 Å². The summed E-state index contributed by atoms with van der Waals surface area (Å²) in [5, 5.41) is 0.612. The first-order valence-corrected chi connectivity index (χ1v) is 11.8. The topological polar surface area (TPSA) is 81.8 Å². The van der Waals surface area contributed by atoms with E-state index in [1.165, 1.54) is 24.3 Å². The monoisotopic (exact) mass is 486 g/mol. The molecule has 1 saturated heterocycles. The number of para-hydroxylation sites is 1. The maximum atomic E-state index is 13.1. The van der Waals surface area contributed by atoms with Crippen LogP contribution < -0.4 is 0 Å². The number of nitrogens with zero attached hydrogens (tertiary/aromatic N) is 2. The summed E-state index contributed by atoms with van der Waals surface area (Å²) >= 11 is 0.893. The van der Waals surface area contributed by atoms with E-state index < -0.39 is 11.9 Å². The van der Waals surface area contributed by atoms with Crippen LogP contribution in [-0.4, -0.2) is 33.7 Å². The van der Waals surface area contributed by atoms with Crippen molar-refractivity contribution in [3.8, 4) is 0 Å². The number of fused-ring (bicyclic) bond motifs is 1. The number of methoxy groups -OCH3 is 1. The van der Waals surface area contributed by atoms with Crippen LogP contribution in [-0.2, 0) is 22.6 Å². The Balaban J connectivity index is 1.42. The van der Waals surface area contributed by atoms with Gasteiger partial charge in [-0.25, -0.2) is 4.79 Å². The van der Waals surface area contributed by atoms with Crippen molar-refractivity contribution in [3.05, 3.63) is 100.0 Å². The molecule has 0 aliphatic carbocycles. The molecule has 5 rings (SSSR count). The van der Waals surface area contributed by atoms with Gasteiger partial charge in [-0.05, 0) is 48.5 Å². The molecular weight excluding hydrogens is 464 g/mol. The zero-order valence-electron chi connectivity index (χ0n) is 19.2. The number of aryl methyl sites for hydroxylation is 1. The molecular formula is C27H22N2O5S. The van der Waals surface area contributed by atoms with Crippen LogP contribution in [0.15, 0.2) is 76.2 Å². The molecule has 4 aromatic rings. The number of thioether (sulfide) groups is 1. The maximum absolute atomic E-state index is 13.1. The van der Waals surface area contributed by atoms with Gasteiger partial charge in [0.1, 0.15) is 5.76 Å². The number of aromatic nitrogens is 1. The lowest BCUT2D eigenvalue weighted by atomic mass is 10.1. The second-order valence-electron chi connectivity index (χ2n) is 8.24. The fourth-order valence-corrected chi connectivity index (χ4v) is 4.96. The van der Waals surface area contributed by atoms with Gasteiger partial charge in [0.05, 0.1) is 18.6 Å². The number of benzene rings is 2. The van der Waals surface area contributed by atoms with Crippen LogP contribution in [0.5, 0.6) is 0 Å². The molecule has 1 fully saturated rings. The summed E-state index contributed by atoms with van der Waals surface area (Å²) in [7, 11) is 1.25. The number of hydrogen-bond acceptors (Lipinski definition) is 6. The van der Waals surface area contributed by atoms with Gasteiger partial charge in [0.25, 0.3) is 11.1 Å². The molecule has 7 nitrogen and oxygen atoms in total. The van der Waals surface area contributed by atoms with Crippen LogP contribution in [0, 0.1) is 6.92 Å². The predicted molar refractivity (Wildman–Crippen MR) is 134 cm³/mol. The molecule has 2 amide bonds. The molecule has 176 valence electrons. The van der Waals surface area contributed by atoms with Crippen molar-refractivity contribution >= 4 is 45.9 Å². The van der Waals surface area contributed by atoms with Crippen LogP contribution in [0.25, 0.3) is 17.0 Å². The minimum Gasteiger partial charge on any atom is -0.463 e. The number of carbonyl (C=O) groups is 3. The first-order chi connectivity index (χ1) is 16.9. The Hall–Kier alpha value is -4.04. The first kappa shape index (κ1) is 22.7. The highest BCUT2D eigenvalue weighted by Crippen LogP contribution is 2.35. The predicted octanol–water partition coefficient (Wildman–Crippen LogP) is 5.61. The van der Waals surface area contributed by atoms with E-state index in [0.717, 1.165) is 33.1 Å². The summed E-state index contributed by atoms with van der Waals surface area (Å²) < 4.78 is 12.2. The van der Waals surface area contributed by atoms with Crippen LogP contribution in [0.1, 0.15) is 33.0 Å². The molecule has 1 aliphatic heterocycles. The lowest BCUT2D eigenvalue weighted by Crippen LogP contribution is -2.27. The van der Waals surface area contributed by atoms with E-state index in [-0.39, 0.29) is 17.5 Å². The Bertz CT molecular complexity index is 1500. The van der Waals surface area contributed by atoms with Crippen molar-refractivity contribution in [3.63, 3.8) is 0 Å². The van der Waals surface area contributed by atoms with Gasteiger partial charge in [-0.3, -0.25) is 14.5 Å². The number of imide groups is 1. The second kappa shape index (κ2) is 9.31. The van der Waals surface area contributed by atoms with E-state index in [4.69, 9.17) is 4.42 Å². The van der Waals surface area contributed by atoms with Gasteiger partial charge in [-0.15, -0.1) is 0 Å². The fraction of sp³-hybridized carbons (Fsp3) is 0.148. The third-order valence-electron chi connectivity index (χ3n) is 5.78. The molecule has 0 bridgehead atoms. The number of furan rings is 1. The molecule has 2 aromatic heterocycles. The molecule has 0 radical (unpaired) electrons. The van der Waals surface area contributed by atoms with Gasteiger partial charge in [0.2, 0.25) is 5.76 Å². The van der Waals surface area contributed by atoms with Crippen LogP contribution >= 0.6 is 11.8 Å². The number of hydrogen-bond donors (Lipinski definition) is 0. The van der Waals surface area contributed by atoms with Crippen molar-refractivity contribution in [1.29, 1.82) is 0 Å². The van der Waals surface area contributed by atoms with Gasteiger partial charge < -0.3 is 13.7 Å². The summed E-state index contributed by atoms with van der Waals surface area (Å²) in [6, 6.07) is 19.4. The number of esters is 1. The van der Waals surface area contributed by atoms with Crippen molar-refractivity contribution in [2.24, 2.45) is 0 Å². The number of amides is 2. The molecule has 3 heterocycles. The average molecular weight is 487 g/mol. The van der Waals surface area contributed by atoms with Crippen molar-refractivity contribution < 1.29 is 23.5 Å². The van der Waals surface area contributed by atoms with Crippen LogP contribution in [0.3, 0.4) is 0 Å². The molecule has 1 aliphatic rings. The van der Waals surface area contributed by atoms with Crippen LogP contribution in [0.4, 0.5) is 4.79 Å². The van der Waals surface area contributed by atoms with E-state index in [1.54, 1.807) is 12.1 Å². The highest BCUT2D eigenvalue weighted by Gasteiger charge is 2.36. The molecule has 2 aromatic carbocycles. The minimum atomic E-state index is -0.618. The lowest BCUT2D eigenvalue weighted by Gasteiger charge is -2.09. The highest BCUT2D eigenvalue weighted by molar-refractivity contribution is 8.18. The van der Waals surface area contributed by atoms with Gasteiger partial charge in [0, 0.05) is 29.2 Å². The maximum Gasteiger partial charge on any atom is 0.373 e. The molecule has 35 heavy (non-hydrogen) atoms. The Morgan fingerprint density at radius 2 is 1.89 bits per heavy atom. The lowest BCUT2D eigenvalue weighted by molar-refractivity contribution is -0.123. The van der Waals surface area contributed by atoms with Crippen LogP contribution in [0.2, 0.25) is 0 Å². The molecule has 0 unspecified atom stereocenters. The SMILES string of the molecule is COC(=O)c1ccc(CN2C(=O)SC(=Cc3cn(Cc4cccc(C)c4)c4ccccc34)C2=O)o1. The van der Waals surface area contributed by atoms with Gasteiger partial charge in [-0.2, -0.15) is 0 Å². The normalized spacial score (nSPS) is 14.9. The largest absolute Gasteiger partial charge is 0.463 e. The first-order valence-electron chi connectivity index (χ1n) is 11.0. The zero-order chi connectivity index (χ0) is 24.5. The average Bonchev–Trinajstić information content (AvgIpc) is 3.53. The molecule has 8 heteroatoms. The van der Waals surface area contributed by atoms with E-state index in [9.17, 15) is 14.4 Å². The van der Waals surface area contributed by atoms with Crippen molar-refractivity contribution in [2.45, 2.75) is 20.0 Å². The van der Waals surface area contributed by atoms with E-state index in [2.05, 4.69) is 34.4 Å². The number of ether oxygens (including phenoxy) is 1. The minimum absolute atomic E-state index is 0.0198. The molecule has 0 saturated carbocycles. The van der Waals surface area contributed by atoms with Crippen molar-refractivity contribution in [2.75, 3.05) is 7.11 Å². The third kappa shape index (κ3) is 4.52. The Kier molecular flexibility index (Phi) is 6.05.